The minimum absolute atomic E-state index is 0.100. The molecule has 13 heteroatoms. The number of nitrogens with zero attached hydrogens (tertiary/aromatic N) is 7. The topological polar surface area (TPSA) is 159 Å². The van der Waals surface area contributed by atoms with E-state index in [1.165, 1.54) is 17.9 Å². The van der Waals surface area contributed by atoms with Crippen LogP contribution in [0.3, 0.4) is 0 Å². The fraction of sp³-hybridized carbons (Fsp3) is 0.385. The summed E-state index contributed by atoms with van der Waals surface area (Å²) in [5.41, 5.74) is 5.48. The second kappa shape index (κ2) is 7.49. The van der Waals surface area contributed by atoms with Crippen LogP contribution in [-0.4, -0.2) is 49.2 Å². The van der Waals surface area contributed by atoms with Crippen molar-refractivity contribution in [3.63, 3.8) is 0 Å². The summed E-state index contributed by atoms with van der Waals surface area (Å²) >= 11 is -1.90. The van der Waals surface area contributed by atoms with Gasteiger partial charge in [0.1, 0.15) is 0 Å². The number of nitrogens with two attached hydrogens (primary N) is 1. The van der Waals surface area contributed by atoms with Crippen LogP contribution in [0.1, 0.15) is 0 Å². The molecule has 0 saturated carbocycles. The number of aryl methyl sites for hydroxylation is 1. The number of hydrogen-bond acceptors (Lipinski definition) is 9. The molecule has 0 amide bonds. The molecule has 0 bridgehead atoms. The van der Waals surface area contributed by atoms with Crippen molar-refractivity contribution in [3.8, 4) is 0 Å². The fourth-order valence-corrected chi connectivity index (χ4v) is 8.30. The van der Waals surface area contributed by atoms with Crippen LogP contribution in [0.4, 0.5) is 11.9 Å². The third kappa shape index (κ3) is 3.60. The summed E-state index contributed by atoms with van der Waals surface area (Å²) in [5.74, 6) is 0.397. The van der Waals surface area contributed by atoms with Crippen molar-refractivity contribution in [2.24, 2.45) is 14.1 Å². The van der Waals surface area contributed by atoms with Crippen molar-refractivity contribution in [1.29, 1.82) is 0 Å². The average Bonchev–Trinajstić information content (AvgIpc) is 3.05. The van der Waals surface area contributed by atoms with Crippen LogP contribution in [0.15, 0.2) is 22.2 Å². The Morgan fingerprint density at radius 2 is 2.04 bits per heavy atom. The first-order valence-electron chi connectivity index (χ1n) is 7.85. The van der Waals surface area contributed by atoms with Crippen LogP contribution in [0, 0.1) is 0 Å². The summed E-state index contributed by atoms with van der Waals surface area (Å²) in [5, 5.41) is 13.1. The summed E-state index contributed by atoms with van der Waals surface area (Å²) < 4.78 is 4.84. The number of imidazole rings is 1. The average molecular weight is 548 g/mol. The molecular weight excluding hydrogens is 531 g/mol. The molecule has 0 fully saturated rings. The molecule has 1 atom stereocenters. The summed E-state index contributed by atoms with van der Waals surface area (Å²) in [6, 6.07) is 0. The Kier molecular flexibility index (Phi) is 5.32. The zero-order valence-electron chi connectivity index (χ0n) is 14.3. The predicted octanol–water partition coefficient (Wildman–Crippen LogP) is -2.06. The van der Waals surface area contributed by atoms with E-state index >= 15 is 0 Å². The van der Waals surface area contributed by atoms with Gasteiger partial charge in [-0.25, -0.2) is 0 Å². The number of nitrogens with one attached hydrogen (secondary N) is 1. The Morgan fingerprint density at radius 1 is 1.27 bits per heavy atom. The van der Waals surface area contributed by atoms with E-state index in [2.05, 4.69) is 25.3 Å². The normalized spacial score (nSPS) is 12.1. The number of aliphatic hydroxyl groups excluding tert-OH is 1. The molecule has 134 valence electrons. The molecule has 0 spiro atoms. The number of hydrogen-bond donors (Lipinski definition) is 3. The first-order valence-corrected chi connectivity index (χ1v) is 14.2. The van der Waals surface area contributed by atoms with Crippen LogP contribution < -0.4 is 22.3 Å². The van der Waals surface area contributed by atoms with Crippen LogP contribution in [0.5, 0.6) is 0 Å². The first-order chi connectivity index (χ1) is 12.4. The van der Waals surface area contributed by atoms with E-state index in [4.69, 9.17) is 5.73 Å². The Labute approximate surface area is 159 Å². The molecule has 12 nitrogen and oxygen atoms in total. The standard InChI is InChI=1S/C7H8N4O2.C6H10N5O.Hg/c1-10-5-4(8-3-9-5)6(12)11(2)7(10)13;1-4(12)2-8-6-10-3-9-5(7)11-6;/h3H,1-2H3,(H,8,9,12);3-4,12H,1-2H2,(H3,7,8,9,10,11);/q;;+1/p-1. The van der Waals surface area contributed by atoms with Gasteiger partial charge in [0, 0.05) is 0 Å². The van der Waals surface area contributed by atoms with E-state index in [-0.39, 0.29) is 18.1 Å². The molecule has 0 aliphatic carbocycles. The van der Waals surface area contributed by atoms with Crippen molar-refractivity contribution in [2.45, 2.75) is 10.0 Å². The fourth-order valence-electron chi connectivity index (χ4n) is 2.56. The van der Waals surface area contributed by atoms with E-state index in [1.54, 1.807) is 13.4 Å². The molecule has 3 aromatic heterocycles. The molecule has 4 N–H and O–H groups in total. The third-order valence-electron chi connectivity index (χ3n) is 4.01. The molecule has 3 aromatic rings. The zero-order valence-corrected chi connectivity index (χ0v) is 19.8. The van der Waals surface area contributed by atoms with Gasteiger partial charge in [0.25, 0.3) is 0 Å². The van der Waals surface area contributed by atoms with Gasteiger partial charge >= 0.3 is 160 Å². The van der Waals surface area contributed by atoms with Gasteiger partial charge in [-0.2, -0.15) is 0 Å². The van der Waals surface area contributed by atoms with Gasteiger partial charge in [0.2, 0.25) is 0 Å². The van der Waals surface area contributed by atoms with Crippen LogP contribution in [0.25, 0.3) is 11.2 Å². The number of aromatic nitrogens is 7. The maximum absolute atomic E-state index is 12.4. The van der Waals surface area contributed by atoms with E-state index in [0.717, 1.165) is 4.57 Å². The SMILES string of the molecule is Cn1c(=O)c2c(nc[n]2[Hg][CH2]C(O)CNc2ncnc(N)n2)n(C)c1=O. The van der Waals surface area contributed by atoms with Crippen molar-refractivity contribution >= 4 is 23.1 Å². The van der Waals surface area contributed by atoms with Gasteiger partial charge in [0.15, 0.2) is 0 Å². The molecule has 26 heavy (non-hydrogen) atoms. The van der Waals surface area contributed by atoms with Crippen molar-refractivity contribution in [3.05, 3.63) is 33.5 Å². The molecule has 1 unspecified atom stereocenters. The number of anilines is 2. The molecule has 0 aliphatic rings. The van der Waals surface area contributed by atoms with Gasteiger partial charge in [0.05, 0.1) is 0 Å². The number of aliphatic hydroxyl groups is 1. The van der Waals surface area contributed by atoms with E-state index < -0.39 is 36.7 Å². The Balaban J connectivity index is 1.70. The molecule has 0 saturated heterocycles. The second-order valence-corrected chi connectivity index (χ2v) is 12.4. The predicted molar refractivity (Wildman–Crippen MR) is 89.2 cm³/mol. The van der Waals surface area contributed by atoms with Crippen molar-refractivity contribution < 1.29 is 30.0 Å². The Hall–Kier alpha value is -2.34. The summed E-state index contributed by atoms with van der Waals surface area (Å²) in [7, 11) is 3.02. The van der Waals surface area contributed by atoms with Gasteiger partial charge in [-0.05, 0) is 0 Å². The summed E-state index contributed by atoms with van der Waals surface area (Å²) in [6.07, 6.45) is 2.25. The zero-order chi connectivity index (χ0) is 18.8. The van der Waals surface area contributed by atoms with E-state index in [9.17, 15) is 14.7 Å². The molecular formula is C13H17HgN9O3. The summed E-state index contributed by atoms with van der Waals surface area (Å²) in [6.45, 7) is 0.257. The first kappa shape index (κ1) is 18.4. The molecule has 0 aromatic carbocycles. The second-order valence-electron chi connectivity index (χ2n) is 5.81. The molecule has 3 rings (SSSR count). The van der Waals surface area contributed by atoms with Gasteiger partial charge in [-0.15, -0.1) is 0 Å². The quantitative estimate of drug-likeness (QED) is 0.295. The van der Waals surface area contributed by atoms with E-state index in [0.29, 0.717) is 21.0 Å². The van der Waals surface area contributed by atoms with Gasteiger partial charge < -0.3 is 0 Å². The maximum atomic E-state index is 12.4. The molecule has 0 aliphatic heterocycles. The van der Waals surface area contributed by atoms with Crippen molar-refractivity contribution in [2.75, 3.05) is 17.6 Å². The van der Waals surface area contributed by atoms with Crippen LogP contribution >= 0.6 is 0 Å². The van der Waals surface area contributed by atoms with E-state index in [1.807, 2.05) is 2.33 Å². The Bertz CT molecular complexity index is 1060. The van der Waals surface area contributed by atoms with Crippen LogP contribution in [0.2, 0.25) is 3.93 Å². The van der Waals surface area contributed by atoms with Crippen molar-refractivity contribution in [1.82, 2.24) is 31.4 Å². The number of rotatable bonds is 6. The van der Waals surface area contributed by atoms with Gasteiger partial charge in [-0.1, -0.05) is 0 Å². The number of nitrogen functional groups attached to an aromatic ring is 1. The number of fused-ring (bicyclic) bond motifs is 1. The Morgan fingerprint density at radius 3 is 2.77 bits per heavy atom. The molecule has 0 radical (unpaired) electrons. The summed E-state index contributed by atoms with van der Waals surface area (Å²) in [4.78, 5) is 40.0. The third-order valence-corrected chi connectivity index (χ3v) is 11.3. The minimum atomic E-state index is -1.90. The monoisotopic (exact) mass is 549 g/mol. The van der Waals surface area contributed by atoms with Gasteiger partial charge in [-0.3, -0.25) is 0 Å². The molecule has 3 heterocycles. The van der Waals surface area contributed by atoms with Crippen LogP contribution in [-0.2, 0) is 39.0 Å².